The van der Waals surface area contributed by atoms with Crippen molar-refractivity contribution in [3.05, 3.63) is 95.6 Å². The molecule has 3 N–H and O–H groups in total. The van der Waals surface area contributed by atoms with Crippen LogP contribution >= 0.6 is 0 Å². The molecule has 1 saturated carbocycles. The smallest absolute Gasteiger partial charge is 0.333 e. The molecule has 2 aromatic carbocycles. The molecule has 2 aromatic rings. The summed E-state index contributed by atoms with van der Waals surface area (Å²) in [5.41, 5.74) is 1.58. The van der Waals surface area contributed by atoms with E-state index in [9.17, 15) is 29.7 Å². The summed E-state index contributed by atoms with van der Waals surface area (Å²) in [7, 11) is 0. The highest BCUT2D eigenvalue weighted by Gasteiger charge is 2.40. The first-order valence-electron chi connectivity index (χ1n) is 13.4. The molecule has 2 aliphatic rings. The number of hydroxylamine groups is 2. The topological polar surface area (TPSA) is 124 Å². The van der Waals surface area contributed by atoms with Crippen LogP contribution in [0.5, 0.6) is 0 Å². The maximum Gasteiger partial charge on any atom is 0.333 e. The number of carbonyl (C=O) groups is 3. The van der Waals surface area contributed by atoms with Gasteiger partial charge in [0.25, 0.3) is 11.8 Å². The van der Waals surface area contributed by atoms with Crippen molar-refractivity contribution >= 4 is 17.8 Å². The highest BCUT2D eigenvalue weighted by Crippen LogP contribution is 2.36. The minimum Gasteiger partial charge on any atom is -0.393 e. The Hall–Kier alpha value is -3.59. The van der Waals surface area contributed by atoms with E-state index >= 15 is 0 Å². The van der Waals surface area contributed by atoms with Crippen LogP contribution in [0, 0.1) is 11.8 Å². The number of aryl methyl sites for hydroxylation is 1. The maximum atomic E-state index is 12.3. The van der Waals surface area contributed by atoms with Crippen LogP contribution in [0.2, 0.25) is 0 Å². The van der Waals surface area contributed by atoms with Crippen molar-refractivity contribution in [2.45, 2.75) is 63.3 Å². The lowest BCUT2D eigenvalue weighted by molar-refractivity contribution is -0.168. The molecule has 1 aliphatic carbocycles. The molecule has 1 aliphatic heterocycles. The number of imide groups is 1. The second-order valence-electron chi connectivity index (χ2n) is 10.1. The third kappa shape index (κ3) is 7.29. The molecule has 0 aromatic heterocycles. The largest absolute Gasteiger partial charge is 0.393 e. The van der Waals surface area contributed by atoms with Crippen molar-refractivity contribution in [1.82, 2.24) is 5.06 Å². The van der Waals surface area contributed by atoms with Gasteiger partial charge in [-0.2, -0.15) is 0 Å². The van der Waals surface area contributed by atoms with Crippen LogP contribution in [0.25, 0.3) is 0 Å². The zero-order valence-electron chi connectivity index (χ0n) is 21.8. The Morgan fingerprint density at radius 2 is 1.64 bits per heavy atom. The third-order valence-electron chi connectivity index (χ3n) is 7.32. The molecule has 5 atom stereocenters. The van der Waals surface area contributed by atoms with Crippen LogP contribution in [0.4, 0.5) is 0 Å². The van der Waals surface area contributed by atoms with Gasteiger partial charge in [0.2, 0.25) is 0 Å². The molecule has 8 heteroatoms. The molecule has 8 nitrogen and oxygen atoms in total. The molecule has 39 heavy (non-hydrogen) atoms. The number of hydrogen-bond acceptors (Lipinski definition) is 7. The van der Waals surface area contributed by atoms with Crippen LogP contribution in [0.3, 0.4) is 0 Å². The summed E-state index contributed by atoms with van der Waals surface area (Å²) in [6.07, 6.45) is 8.65. The first-order chi connectivity index (χ1) is 18.8. The van der Waals surface area contributed by atoms with Crippen LogP contribution < -0.4 is 0 Å². The maximum absolute atomic E-state index is 12.3. The van der Waals surface area contributed by atoms with Crippen LogP contribution in [0.1, 0.15) is 64.8 Å². The first kappa shape index (κ1) is 28.4. The van der Waals surface area contributed by atoms with Crippen molar-refractivity contribution in [3.8, 4) is 0 Å². The molecule has 206 valence electrons. The number of aliphatic hydroxyl groups excluding tert-OH is 3. The second-order valence-corrected chi connectivity index (χ2v) is 10.1. The molecule has 4 rings (SSSR count). The Balaban J connectivity index is 1.18. The predicted molar refractivity (Wildman–Crippen MR) is 144 cm³/mol. The number of benzene rings is 2. The zero-order chi connectivity index (χ0) is 27.8. The number of carbonyl (C=O) groups excluding carboxylic acids is 3. The van der Waals surface area contributed by atoms with E-state index in [0.29, 0.717) is 30.7 Å². The lowest BCUT2D eigenvalue weighted by atomic mass is 9.89. The van der Waals surface area contributed by atoms with Crippen LogP contribution in [-0.4, -0.2) is 56.5 Å². The number of rotatable bonds is 12. The van der Waals surface area contributed by atoms with E-state index in [1.165, 1.54) is 12.1 Å². The van der Waals surface area contributed by atoms with E-state index in [-0.39, 0.29) is 35.8 Å². The van der Waals surface area contributed by atoms with Gasteiger partial charge in [-0.1, -0.05) is 71.8 Å². The van der Waals surface area contributed by atoms with Crippen molar-refractivity contribution in [2.75, 3.05) is 0 Å². The Bertz CT molecular complexity index is 1170. The number of amides is 2. The van der Waals surface area contributed by atoms with Crippen LogP contribution in [0.15, 0.2) is 78.9 Å². The number of aliphatic hydroxyl groups is 3. The van der Waals surface area contributed by atoms with Crippen LogP contribution in [-0.2, 0) is 16.1 Å². The van der Waals surface area contributed by atoms with Crippen molar-refractivity contribution in [2.24, 2.45) is 11.8 Å². The number of fused-ring (bicyclic) bond motifs is 1. The highest BCUT2D eigenvalue weighted by atomic mass is 16.7. The van der Waals surface area contributed by atoms with Crippen molar-refractivity contribution in [1.29, 1.82) is 0 Å². The van der Waals surface area contributed by atoms with E-state index < -0.39 is 36.1 Å². The van der Waals surface area contributed by atoms with Gasteiger partial charge in [0.05, 0.1) is 29.4 Å². The summed E-state index contributed by atoms with van der Waals surface area (Å²) < 4.78 is 0. The van der Waals surface area contributed by atoms with E-state index in [1.54, 1.807) is 18.2 Å². The van der Waals surface area contributed by atoms with E-state index in [4.69, 9.17) is 4.84 Å². The standard InChI is InChI=1S/C31H35NO7/c33-22(17-16-21-10-4-3-5-11-21)18-19-24-23(27(34)20-28(24)35)12-6-1-2-7-15-29(36)39-32-30(37)25-13-8-9-14-26(25)31(32)38/h1,3-6,8-11,13-14,18-19,22-24,27-28,33-35H,2,7,12,15-17,20H2/b6-1+,19-18+. The average molecular weight is 534 g/mol. The van der Waals surface area contributed by atoms with E-state index in [2.05, 4.69) is 0 Å². The van der Waals surface area contributed by atoms with Crippen molar-refractivity contribution < 1.29 is 34.5 Å². The van der Waals surface area contributed by atoms with Gasteiger partial charge in [-0.05, 0) is 55.7 Å². The Morgan fingerprint density at radius 3 is 2.33 bits per heavy atom. The third-order valence-corrected chi connectivity index (χ3v) is 7.32. The fraction of sp³-hybridized carbons (Fsp3) is 0.387. The summed E-state index contributed by atoms with van der Waals surface area (Å²) in [5.74, 6) is -2.39. The lowest BCUT2D eigenvalue weighted by Gasteiger charge is -2.19. The number of unbranched alkanes of at least 4 members (excludes halogenated alkanes) is 1. The molecule has 1 heterocycles. The predicted octanol–water partition coefficient (Wildman–Crippen LogP) is 3.77. The number of nitrogens with zero attached hydrogens (tertiary/aromatic N) is 1. The summed E-state index contributed by atoms with van der Waals surface area (Å²) in [6.45, 7) is 0. The second kappa shape index (κ2) is 13.5. The molecule has 5 unspecified atom stereocenters. The fourth-order valence-corrected chi connectivity index (χ4v) is 5.15. The molecule has 1 fully saturated rings. The molecule has 0 bridgehead atoms. The summed E-state index contributed by atoms with van der Waals surface area (Å²) in [5, 5.41) is 31.8. The quantitative estimate of drug-likeness (QED) is 0.216. The van der Waals surface area contributed by atoms with Gasteiger partial charge in [0, 0.05) is 18.8 Å². The Morgan fingerprint density at radius 1 is 0.974 bits per heavy atom. The average Bonchev–Trinajstić information content (AvgIpc) is 3.35. The normalized spacial score (nSPS) is 23.6. The minimum absolute atomic E-state index is 0.0365. The van der Waals surface area contributed by atoms with Gasteiger partial charge in [0.1, 0.15) is 0 Å². The zero-order valence-corrected chi connectivity index (χ0v) is 21.8. The van der Waals surface area contributed by atoms with Gasteiger partial charge in [-0.25, -0.2) is 4.79 Å². The number of allylic oxidation sites excluding steroid dienone is 2. The molecule has 0 spiro atoms. The monoisotopic (exact) mass is 533 g/mol. The molecule has 0 saturated heterocycles. The Labute approximate surface area is 228 Å². The first-order valence-corrected chi connectivity index (χ1v) is 13.4. The Kier molecular flexibility index (Phi) is 9.81. The molecule has 0 radical (unpaired) electrons. The van der Waals surface area contributed by atoms with Gasteiger partial charge < -0.3 is 20.2 Å². The van der Waals surface area contributed by atoms with Gasteiger partial charge in [0.15, 0.2) is 0 Å². The van der Waals surface area contributed by atoms with Crippen molar-refractivity contribution in [3.63, 3.8) is 0 Å². The van der Waals surface area contributed by atoms with Gasteiger partial charge in [-0.15, -0.1) is 0 Å². The van der Waals surface area contributed by atoms with Gasteiger partial charge >= 0.3 is 5.97 Å². The molecule has 2 amide bonds. The summed E-state index contributed by atoms with van der Waals surface area (Å²) in [4.78, 5) is 41.8. The minimum atomic E-state index is -0.673. The molecular weight excluding hydrogens is 498 g/mol. The van der Waals surface area contributed by atoms with E-state index in [0.717, 1.165) is 12.0 Å². The summed E-state index contributed by atoms with van der Waals surface area (Å²) >= 11 is 0. The molecular formula is C31H35NO7. The number of hydrogen-bond donors (Lipinski definition) is 3. The SMILES string of the molecule is O=C(CCC/C=C/CC1C(O)CC(O)C1/C=C/C(O)CCc1ccccc1)ON1C(=O)c2ccccc2C1=O. The summed E-state index contributed by atoms with van der Waals surface area (Å²) in [6, 6.07) is 16.2. The van der Waals surface area contributed by atoms with Gasteiger partial charge in [-0.3, -0.25) is 9.59 Å². The fourth-order valence-electron chi connectivity index (χ4n) is 5.15. The van der Waals surface area contributed by atoms with E-state index in [1.807, 2.05) is 48.6 Å². The highest BCUT2D eigenvalue weighted by molar-refractivity contribution is 6.20. The lowest BCUT2D eigenvalue weighted by Crippen LogP contribution is -2.32.